The highest BCUT2D eigenvalue weighted by molar-refractivity contribution is 9.10. The fourth-order valence-electron chi connectivity index (χ4n) is 3.02. The van der Waals surface area contributed by atoms with E-state index < -0.39 is 0 Å². The minimum absolute atomic E-state index is 0.122. The molecule has 0 aliphatic rings. The van der Waals surface area contributed by atoms with Crippen molar-refractivity contribution in [2.24, 2.45) is 0 Å². The van der Waals surface area contributed by atoms with Crippen LogP contribution in [0.5, 0.6) is 0 Å². The van der Waals surface area contributed by atoms with Crippen LogP contribution in [0.15, 0.2) is 28.7 Å². The molecule has 0 bridgehead atoms. The van der Waals surface area contributed by atoms with Crippen molar-refractivity contribution < 1.29 is 9.18 Å². The van der Waals surface area contributed by atoms with Gasteiger partial charge < -0.3 is 5.32 Å². The predicted octanol–water partition coefficient (Wildman–Crippen LogP) is 3.66. The lowest BCUT2D eigenvalue weighted by atomic mass is 10.1. The zero-order valence-corrected chi connectivity index (χ0v) is 17.8. The quantitative estimate of drug-likeness (QED) is 0.650. The summed E-state index contributed by atoms with van der Waals surface area (Å²) in [6, 6.07) is 6.54. The number of hydrogen-bond donors (Lipinski definition) is 1. The Morgan fingerprint density at radius 1 is 1.14 bits per heavy atom. The normalized spacial score (nSPS) is 10.9. The maximum Gasteiger partial charge on any atom is 0.251 e. The number of hydrogen-bond acceptors (Lipinski definition) is 4. The summed E-state index contributed by atoms with van der Waals surface area (Å²) < 4.78 is 16.3. The van der Waals surface area contributed by atoms with Crippen molar-refractivity contribution in [2.45, 2.75) is 40.7 Å². The van der Waals surface area contributed by atoms with E-state index in [9.17, 15) is 9.18 Å². The molecule has 0 spiro atoms. The number of nitrogens with zero attached hydrogens (tertiary/aromatic N) is 4. The molecule has 2 aromatic heterocycles. The van der Waals surface area contributed by atoms with Crippen LogP contribution in [-0.4, -0.2) is 25.7 Å². The summed E-state index contributed by atoms with van der Waals surface area (Å²) in [7, 11) is 0. The van der Waals surface area contributed by atoms with Gasteiger partial charge in [0, 0.05) is 39.2 Å². The number of nitrogens with one attached hydrogen (secondary N) is 1. The summed E-state index contributed by atoms with van der Waals surface area (Å²) in [6.45, 7) is 7.66. The lowest BCUT2D eigenvalue weighted by molar-refractivity contribution is -0.120. The summed E-state index contributed by atoms with van der Waals surface area (Å²) in [6.07, 6.45) is 0.151. The molecule has 1 N–H and O–H groups in total. The number of aromatic nitrogens is 4. The Labute approximate surface area is 171 Å². The Morgan fingerprint density at radius 3 is 2.50 bits per heavy atom. The molecule has 8 heteroatoms. The van der Waals surface area contributed by atoms with Gasteiger partial charge in [0.05, 0.1) is 12.1 Å². The monoisotopic (exact) mass is 445 g/mol. The first-order chi connectivity index (χ1) is 13.2. The Bertz CT molecular complexity index is 1030. The molecule has 0 aliphatic heterocycles. The Kier molecular flexibility index (Phi) is 5.88. The lowest BCUT2D eigenvalue weighted by Crippen LogP contribution is -2.25. The van der Waals surface area contributed by atoms with Gasteiger partial charge in [-0.25, -0.2) is 19.0 Å². The molecule has 1 amide bonds. The van der Waals surface area contributed by atoms with Crippen LogP contribution in [0, 0.1) is 33.5 Å². The fraction of sp³-hybridized carbons (Fsp3) is 0.300. The van der Waals surface area contributed by atoms with Crippen LogP contribution >= 0.6 is 15.9 Å². The van der Waals surface area contributed by atoms with Gasteiger partial charge in [0.15, 0.2) is 0 Å². The smallest absolute Gasteiger partial charge is 0.251 e. The molecule has 0 saturated heterocycles. The van der Waals surface area contributed by atoms with Gasteiger partial charge in [0.1, 0.15) is 5.82 Å². The lowest BCUT2D eigenvalue weighted by Gasteiger charge is -2.08. The molecule has 28 heavy (non-hydrogen) atoms. The van der Waals surface area contributed by atoms with Crippen LogP contribution < -0.4 is 5.32 Å². The second-order valence-electron chi connectivity index (χ2n) is 6.70. The second-order valence-corrected chi connectivity index (χ2v) is 7.62. The summed E-state index contributed by atoms with van der Waals surface area (Å²) in [4.78, 5) is 21.3. The molecule has 6 nitrogen and oxygen atoms in total. The SMILES string of the molecule is Cc1cc(C)nc(-n2nc(C)c(CC(=O)NCc3cc(Br)ccc3F)c2C)n1. The van der Waals surface area contributed by atoms with Crippen LogP contribution in [0.25, 0.3) is 5.95 Å². The number of carbonyl (C=O) groups is 1. The topological polar surface area (TPSA) is 72.7 Å². The molecule has 2 heterocycles. The maximum absolute atomic E-state index is 13.8. The van der Waals surface area contributed by atoms with E-state index >= 15 is 0 Å². The number of amides is 1. The van der Waals surface area contributed by atoms with E-state index in [4.69, 9.17) is 0 Å². The molecule has 3 rings (SSSR count). The molecule has 146 valence electrons. The predicted molar refractivity (Wildman–Crippen MR) is 108 cm³/mol. The molecule has 0 fully saturated rings. The molecular formula is C20H21BrFN5O. The number of carbonyl (C=O) groups excluding carboxylic acids is 1. The van der Waals surface area contributed by atoms with E-state index in [1.165, 1.54) is 6.07 Å². The standard InChI is InChI=1S/C20H21BrFN5O/c1-11-7-12(2)25-20(24-11)27-14(4)17(13(3)26-27)9-19(28)23-10-15-8-16(21)5-6-18(15)22/h5-8H,9-10H2,1-4H3,(H,23,28). The van der Waals surface area contributed by atoms with Crippen molar-refractivity contribution in [3.05, 3.63) is 68.5 Å². The number of rotatable bonds is 5. The molecule has 0 radical (unpaired) electrons. The second kappa shape index (κ2) is 8.18. The number of benzene rings is 1. The molecule has 0 atom stereocenters. The highest BCUT2D eigenvalue weighted by atomic mass is 79.9. The molecule has 3 aromatic rings. The Balaban J connectivity index is 1.76. The van der Waals surface area contributed by atoms with Crippen LogP contribution in [0.2, 0.25) is 0 Å². The largest absolute Gasteiger partial charge is 0.352 e. The average Bonchev–Trinajstić information content (AvgIpc) is 2.90. The molecule has 1 aromatic carbocycles. The van der Waals surface area contributed by atoms with E-state index in [1.807, 2.05) is 33.8 Å². The summed E-state index contributed by atoms with van der Waals surface area (Å²) in [5, 5.41) is 7.27. The zero-order valence-electron chi connectivity index (χ0n) is 16.2. The molecule has 0 saturated carbocycles. The van der Waals surface area contributed by atoms with E-state index in [1.54, 1.807) is 16.8 Å². The summed E-state index contributed by atoms with van der Waals surface area (Å²) in [5.41, 5.74) is 4.50. The van der Waals surface area contributed by atoms with Crippen molar-refractivity contribution >= 4 is 21.8 Å². The van der Waals surface area contributed by atoms with E-state index in [-0.39, 0.29) is 24.7 Å². The van der Waals surface area contributed by atoms with Crippen molar-refractivity contribution in [3.8, 4) is 5.95 Å². The van der Waals surface area contributed by atoms with E-state index in [2.05, 4.69) is 36.3 Å². The van der Waals surface area contributed by atoms with E-state index in [0.717, 1.165) is 32.8 Å². The first-order valence-corrected chi connectivity index (χ1v) is 9.62. The van der Waals surface area contributed by atoms with Gasteiger partial charge in [0.25, 0.3) is 5.95 Å². The van der Waals surface area contributed by atoms with Crippen LogP contribution in [-0.2, 0) is 17.8 Å². The minimum atomic E-state index is -0.351. The molecular weight excluding hydrogens is 425 g/mol. The Morgan fingerprint density at radius 2 is 1.82 bits per heavy atom. The van der Waals surface area contributed by atoms with Gasteiger partial charge in [0.2, 0.25) is 5.91 Å². The van der Waals surface area contributed by atoms with Gasteiger partial charge in [-0.15, -0.1) is 0 Å². The highest BCUT2D eigenvalue weighted by Crippen LogP contribution is 2.18. The fourth-order valence-corrected chi connectivity index (χ4v) is 3.43. The van der Waals surface area contributed by atoms with Crippen molar-refractivity contribution in [1.82, 2.24) is 25.1 Å². The van der Waals surface area contributed by atoms with Crippen LogP contribution in [0.3, 0.4) is 0 Å². The number of halogens is 2. The maximum atomic E-state index is 13.8. The minimum Gasteiger partial charge on any atom is -0.352 e. The van der Waals surface area contributed by atoms with Crippen molar-refractivity contribution in [3.63, 3.8) is 0 Å². The number of aryl methyl sites for hydroxylation is 3. The van der Waals surface area contributed by atoms with Crippen molar-refractivity contribution in [2.75, 3.05) is 0 Å². The van der Waals surface area contributed by atoms with Crippen LogP contribution in [0.1, 0.15) is 33.9 Å². The first-order valence-electron chi connectivity index (χ1n) is 8.83. The first kappa shape index (κ1) is 20.1. The molecule has 0 unspecified atom stereocenters. The van der Waals surface area contributed by atoms with Gasteiger partial charge in [-0.05, 0) is 52.0 Å². The third-order valence-electron chi connectivity index (χ3n) is 4.42. The van der Waals surface area contributed by atoms with Gasteiger partial charge in [-0.2, -0.15) is 5.10 Å². The van der Waals surface area contributed by atoms with Gasteiger partial charge in [-0.3, -0.25) is 4.79 Å². The third kappa shape index (κ3) is 4.44. The Hall–Kier alpha value is -2.61. The van der Waals surface area contributed by atoms with Crippen molar-refractivity contribution in [1.29, 1.82) is 0 Å². The zero-order chi connectivity index (χ0) is 20.4. The highest BCUT2D eigenvalue weighted by Gasteiger charge is 2.18. The van der Waals surface area contributed by atoms with Gasteiger partial charge in [-0.1, -0.05) is 15.9 Å². The van der Waals surface area contributed by atoms with E-state index in [0.29, 0.717) is 11.5 Å². The van der Waals surface area contributed by atoms with Gasteiger partial charge >= 0.3 is 0 Å². The molecule has 0 aliphatic carbocycles. The summed E-state index contributed by atoms with van der Waals surface area (Å²) in [5.74, 6) is -0.0666. The summed E-state index contributed by atoms with van der Waals surface area (Å²) >= 11 is 3.31. The van der Waals surface area contributed by atoms with Crippen LogP contribution in [0.4, 0.5) is 4.39 Å². The third-order valence-corrected chi connectivity index (χ3v) is 4.92. The average molecular weight is 446 g/mol.